The monoisotopic (exact) mass is 293 g/mol. The van der Waals surface area contributed by atoms with Gasteiger partial charge in [-0.15, -0.1) is 8.78 Å². The third kappa shape index (κ3) is 2.69. The average molecular weight is 293 g/mol. The molecule has 0 saturated carbocycles. The predicted octanol–water partition coefficient (Wildman–Crippen LogP) is 2.24. The van der Waals surface area contributed by atoms with E-state index in [1.807, 2.05) is 0 Å². The summed E-state index contributed by atoms with van der Waals surface area (Å²) in [6.45, 7) is 0. The van der Waals surface area contributed by atoms with E-state index in [9.17, 15) is 13.6 Å². The van der Waals surface area contributed by atoms with E-state index in [0.29, 0.717) is 5.69 Å². The first-order chi connectivity index (χ1) is 9.93. The van der Waals surface area contributed by atoms with E-state index in [4.69, 9.17) is 5.73 Å². The lowest BCUT2D eigenvalue weighted by Crippen LogP contribution is -2.25. The number of pyridine rings is 1. The van der Waals surface area contributed by atoms with E-state index in [0.717, 1.165) is 0 Å². The molecule has 1 aliphatic heterocycles. The number of nitrogen functional groups attached to an aromatic ring is 1. The lowest BCUT2D eigenvalue weighted by Gasteiger charge is -2.06. The molecule has 1 aromatic heterocycles. The number of carbonyl (C=O) groups is 1. The molecule has 0 atom stereocenters. The molecule has 3 N–H and O–H groups in total. The van der Waals surface area contributed by atoms with Crippen LogP contribution >= 0.6 is 0 Å². The highest BCUT2D eigenvalue weighted by Crippen LogP contribution is 2.42. The molecule has 0 saturated heterocycles. The molecule has 21 heavy (non-hydrogen) atoms. The van der Waals surface area contributed by atoms with Gasteiger partial charge in [0.25, 0.3) is 5.91 Å². The molecule has 0 radical (unpaired) electrons. The van der Waals surface area contributed by atoms with E-state index in [-0.39, 0.29) is 22.9 Å². The van der Waals surface area contributed by atoms with Crippen molar-refractivity contribution in [3.05, 3.63) is 42.2 Å². The standard InChI is InChI=1S/C13H9F2N3O3/c14-13(15)20-10-2-1-8(6-11(10)21-13)18-12(19)9-5-7(16)3-4-17-9/h1-6H,(H2,16,17)(H,18,19). The quantitative estimate of drug-likeness (QED) is 0.886. The first-order valence-electron chi connectivity index (χ1n) is 5.86. The van der Waals surface area contributed by atoms with Crippen LogP contribution in [0.4, 0.5) is 20.2 Å². The molecule has 2 heterocycles. The van der Waals surface area contributed by atoms with Crippen molar-refractivity contribution in [2.24, 2.45) is 0 Å². The van der Waals surface area contributed by atoms with Gasteiger partial charge in [0.15, 0.2) is 11.5 Å². The van der Waals surface area contributed by atoms with Crippen LogP contribution < -0.4 is 20.5 Å². The number of ether oxygens (including phenoxy) is 2. The number of hydrogen-bond acceptors (Lipinski definition) is 5. The van der Waals surface area contributed by atoms with Gasteiger partial charge in [-0.05, 0) is 24.3 Å². The Bertz CT molecular complexity index is 722. The molecule has 1 aromatic carbocycles. The van der Waals surface area contributed by atoms with Gasteiger partial charge in [-0.1, -0.05) is 0 Å². The van der Waals surface area contributed by atoms with Crippen LogP contribution in [0.1, 0.15) is 10.5 Å². The number of amides is 1. The number of anilines is 2. The molecule has 0 fully saturated rings. The first-order valence-corrected chi connectivity index (χ1v) is 5.86. The summed E-state index contributed by atoms with van der Waals surface area (Å²) < 4.78 is 34.3. The maximum absolute atomic E-state index is 12.9. The van der Waals surface area contributed by atoms with Gasteiger partial charge in [-0.25, -0.2) is 0 Å². The number of nitrogens with one attached hydrogen (secondary N) is 1. The van der Waals surface area contributed by atoms with Crippen LogP contribution in [0.2, 0.25) is 0 Å². The van der Waals surface area contributed by atoms with Gasteiger partial charge in [-0.2, -0.15) is 0 Å². The van der Waals surface area contributed by atoms with Crippen molar-refractivity contribution in [3.8, 4) is 11.5 Å². The van der Waals surface area contributed by atoms with Crippen LogP contribution in [0.25, 0.3) is 0 Å². The minimum atomic E-state index is -3.69. The lowest BCUT2D eigenvalue weighted by molar-refractivity contribution is -0.286. The fourth-order valence-electron chi connectivity index (χ4n) is 1.79. The molecule has 1 amide bonds. The summed E-state index contributed by atoms with van der Waals surface area (Å²) in [5, 5.41) is 2.51. The Hall–Kier alpha value is -2.90. The summed E-state index contributed by atoms with van der Waals surface area (Å²) in [5.74, 6) is -0.772. The number of hydrogen-bond donors (Lipinski definition) is 2. The Morgan fingerprint density at radius 1 is 1.19 bits per heavy atom. The minimum absolute atomic E-state index is 0.0971. The van der Waals surface area contributed by atoms with Crippen LogP contribution in [-0.4, -0.2) is 17.2 Å². The zero-order chi connectivity index (χ0) is 15.0. The van der Waals surface area contributed by atoms with Crippen LogP contribution in [0.5, 0.6) is 11.5 Å². The Kier molecular flexibility index (Phi) is 2.86. The fraction of sp³-hybridized carbons (Fsp3) is 0.0769. The maximum Gasteiger partial charge on any atom is 0.586 e. The molecule has 0 unspecified atom stereocenters. The molecule has 0 aliphatic carbocycles. The van der Waals surface area contributed by atoms with Crippen LogP contribution in [0.3, 0.4) is 0 Å². The second-order valence-corrected chi connectivity index (χ2v) is 4.26. The third-order valence-electron chi connectivity index (χ3n) is 2.68. The molecule has 8 heteroatoms. The first kappa shape index (κ1) is 13.1. The van der Waals surface area contributed by atoms with Gasteiger partial charge in [0.1, 0.15) is 5.69 Å². The van der Waals surface area contributed by atoms with E-state index in [1.54, 1.807) is 6.07 Å². The number of rotatable bonds is 2. The number of nitrogens with zero attached hydrogens (tertiary/aromatic N) is 1. The Balaban J connectivity index is 1.79. The summed E-state index contributed by atoms with van der Waals surface area (Å²) in [6.07, 6.45) is -2.30. The van der Waals surface area contributed by atoms with Crippen LogP contribution in [-0.2, 0) is 0 Å². The summed E-state index contributed by atoms with van der Waals surface area (Å²) in [7, 11) is 0. The molecule has 3 rings (SSSR count). The van der Waals surface area contributed by atoms with Gasteiger partial charge >= 0.3 is 6.29 Å². The predicted molar refractivity (Wildman–Crippen MR) is 69.2 cm³/mol. The summed E-state index contributed by atoms with van der Waals surface area (Å²) in [4.78, 5) is 15.8. The Morgan fingerprint density at radius 3 is 2.71 bits per heavy atom. The highest BCUT2D eigenvalue weighted by Gasteiger charge is 2.43. The molecular weight excluding hydrogens is 284 g/mol. The molecule has 6 nitrogen and oxygen atoms in total. The van der Waals surface area contributed by atoms with E-state index in [1.165, 1.54) is 30.5 Å². The second kappa shape index (κ2) is 4.58. The number of aromatic nitrogens is 1. The number of nitrogens with two attached hydrogens (primary N) is 1. The molecule has 2 aromatic rings. The number of benzene rings is 1. The van der Waals surface area contributed by atoms with E-state index < -0.39 is 12.2 Å². The van der Waals surface area contributed by atoms with Crippen molar-refractivity contribution < 1.29 is 23.0 Å². The van der Waals surface area contributed by atoms with Gasteiger partial charge in [0.2, 0.25) is 0 Å². The zero-order valence-electron chi connectivity index (χ0n) is 10.5. The number of fused-ring (bicyclic) bond motifs is 1. The van der Waals surface area contributed by atoms with Gasteiger partial charge in [-0.3, -0.25) is 9.78 Å². The molecule has 1 aliphatic rings. The average Bonchev–Trinajstić information content (AvgIpc) is 2.72. The van der Waals surface area contributed by atoms with Gasteiger partial charge in [0, 0.05) is 23.6 Å². The Labute approximate surface area is 117 Å². The molecular formula is C13H9F2N3O3. The van der Waals surface area contributed by atoms with Crippen molar-refractivity contribution in [3.63, 3.8) is 0 Å². The largest absolute Gasteiger partial charge is 0.586 e. The molecule has 108 valence electrons. The van der Waals surface area contributed by atoms with Crippen molar-refractivity contribution >= 4 is 17.3 Å². The van der Waals surface area contributed by atoms with Gasteiger partial charge < -0.3 is 20.5 Å². The lowest BCUT2D eigenvalue weighted by atomic mass is 10.2. The Morgan fingerprint density at radius 2 is 1.95 bits per heavy atom. The van der Waals surface area contributed by atoms with Crippen molar-refractivity contribution in [1.82, 2.24) is 4.98 Å². The normalized spacial score (nSPS) is 14.8. The number of halogens is 2. The maximum atomic E-state index is 12.9. The van der Waals surface area contributed by atoms with Crippen LogP contribution in [0, 0.1) is 0 Å². The second-order valence-electron chi connectivity index (χ2n) is 4.26. The smallest absolute Gasteiger partial charge is 0.399 e. The van der Waals surface area contributed by atoms with Gasteiger partial charge in [0.05, 0.1) is 0 Å². The van der Waals surface area contributed by atoms with Crippen molar-refractivity contribution in [1.29, 1.82) is 0 Å². The SMILES string of the molecule is Nc1ccnc(C(=O)Nc2ccc3c(c2)OC(F)(F)O3)c1. The fourth-order valence-corrected chi connectivity index (χ4v) is 1.79. The van der Waals surface area contributed by atoms with Crippen molar-refractivity contribution in [2.75, 3.05) is 11.1 Å². The topological polar surface area (TPSA) is 86.5 Å². The molecule has 0 bridgehead atoms. The number of carbonyl (C=O) groups excluding carboxylic acids is 1. The number of alkyl halides is 2. The highest BCUT2D eigenvalue weighted by atomic mass is 19.3. The zero-order valence-corrected chi connectivity index (χ0v) is 10.5. The van der Waals surface area contributed by atoms with Crippen molar-refractivity contribution in [2.45, 2.75) is 6.29 Å². The third-order valence-corrected chi connectivity index (χ3v) is 2.68. The van der Waals surface area contributed by atoms with Crippen LogP contribution in [0.15, 0.2) is 36.5 Å². The van der Waals surface area contributed by atoms with E-state index in [2.05, 4.69) is 19.8 Å². The highest BCUT2D eigenvalue weighted by molar-refractivity contribution is 6.03. The summed E-state index contributed by atoms with van der Waals surface area (Å²) in [5.41, 5.74) is 6.32. The summed E-state index contributed by atoms with van der Waals surface area (Å²) in [6, 6.07) is 6.86. The minimum Gasteiger partial charge on any atom is -0.399 e. The summed E-state index contributed by atoms with van der Waals surface area (Å²) >= 11 is 0. The van der Waals surface area contributed by atoms with E-state index >= 15 is 0 Å². The molecule has 0 spiro atoms.